The molecule has 0 radical (unpaired) electrons. The number of nitrogens with zero attached hydrogens (tertiary/aromatic N) is 1. The third-order valence-corrected chi connectivity index (χ3v) is 5.39. The average Bonchev–Trinajstić information content (AvgIpc) is 2.90. The van der Waals surface area contributed by atoms with Gasteiger partial charge in [0.1, 0.15) is 0 Å². The predicted octanol–water partition coefficient (Wildman–Crippen LogP) is 3.17. The van der Waals surface area contributed by atoms with Crippen molar-refractivity contribution in [1.29, 1.82) is 0 Å². The fraction of sp³-hybridized carbons (Fsp3) is 0.471. The van der Waals surface area contributed by atoms with Gasteiger partial charge in [-0.1, -0.05) is 18.2 Å². The summed E-state index contributed by atoms with van der Waals surface area (Å²) in [6.45, 7) is 2.86. The molecule has 2 N–H and O–H groups in total. The van der Waals surface area contributed by atoms with Crippen molar-refractivity contribution in [2.24, 2.45) is 5.73 Å². The van der Waals surface area contributed by atoms with Gasteiger partial charge in [-0.2, -0.15) is 0 Å². The molecule has 3 nitrogen and oxygen atoms in total. The molecule has 4 heteroatoms. The van der Waals surface area contributed by atoms with Gasteiger partial charge in [0.15, 0.2) is 0 Å². The highest BCUT2D eigenvalue weighted by molar-refractivity contribution is 7.17. The van der Waals surface area contributed by atoms with E-state index in [-0.39, 0.29) is 18.0 Å². The fourth-order valence-corrected chi connectivity index (χ4v) is 4.21. The van der Waals surface area contributed by atoms with Crippen LogP contribution in [0.2, 0.25) is 0 Å². The number of hydrogen-bond donors (Lipinski definition) is 1. The van der Waals surface area contributed by atoms with Gasteiger partial charge < -0.3 is 10.6 Å². The summed E-state index contributed by atoms with van der Waals surface area (Å²) in [5.74, 6) is 0.223. The number of hydrogen-bond acceptors (Lipinski definition) is 3. The second-order valence-corrected chi connectivity index (χ2v) is 6.85. The van der Waals surface area contributed by atoms with Crippen LogP contribution in [-0.4, -0.2) is 29.4 Å². The summed E-state index contributed by atoms with van der Waals surface area (Å²) in [6, 6.07) is 8.55. The topological polar surface area (TPSA) is 46.3 Å². The normalized spacial score (nSPS) is 20.7. The molecule has 2 aromatic rings. The first-order valence-corrected chi connectivity index (χ1v) is 8.55. The van der Waals surface area contributed by atoms with Crippen LogP contribution in [0.4, 0.5) is 0 Å². The third kappa shape index (κ3) is 2.97. The fourth-order valence-electron chi connectivity index (χ4n) is 3.25. The van der Waals surface area contributed by atoms with Gasteiger partial charge in [-0.3, -0.25) is 4.79 Å². The van der Waals surface area contributed by atoms with Gasteiger partial charge in [0, 0.05) is 23.3 Å². The number of likely N-dealkylation sites (tertiary alicyclic amines) is 1. The van der Waals surface area contributed by atoms with Crippen LogP contribution < -0.4 is 5.73 Å². The molecule has 1 aromatic heterocycles. The number of nitrogens with two attached hydrogens (primary N) is 1. The van der Waals surface area contributed by atoms with Crippen LogP contribution in [0.1, 0.15) is 31.7 Å². The van der Waals surface area contributed by atoms with E-state index in [1.165, 1.54) is 16.5 Å². The molecule has 2 atom stereocenters. The molecular weight excluding hydrogens is 280 g/mol. The Balaban J connectivity index is 1.79. The zero-order chi connectivity index (χ0) is 14.8. The molecule has 1 aliphatic rings. The summed E-state index contributed by atoms with van der Waals surface area (Å²) in [5, 5.41) is 3.33. The zero-order valence-electron chi connectivity index (χ0n) is 12.4. The number of rotatable bonds is 3. The Labute approximate surface area is 129 Å². The van der Waals surface area contributed by atoms with E-state index in [1.807, 2.05) is 24.0 Å². The van der Waals surface area contributed by atoms with E-state index in [0.717, 1.165) is 24.9 Å². The van der Waals surface area contributed by atoms with Gasteiger partial charge in [-0.25, -0.2) is 0 Å². The minimum Gasteiger partial charge on any atom is -0.338 e. The van der Waals surface area contributed by atoms with Gasteiger partial charge in [0.05, 0.1) is 6.42 Å². The van der Waals surface area contributed by atoms with Crippen LogP contribution in [0.25, 0.3) is 10.1 Å². The number of thiophene rings is 1. The van der Waals surface area contributed by atoms with Gasteiger partial charge >= 0.3 is 0 Å². The van der Waals surface area contributed by atoms with Crippen LogP contribution in [-0.2, 0) is 11.2 Å². The number of carbonyl (C=O) groups is 1. The standard InChI is InChI=1S/C17H22N2OS/c1-12(18)15-7-4-5-9-19(15)17(20)10-13-11-21-16-8-3-2-6-14(13)16/h2-3,6,8,11-12,15H,4-5,7,9-10,18H2,1H3. The number of fused-ring (bicyclic) bond motifs is 1. The molecule has 1 aliphatic heterocycles. The van der Waals surface area contributed by atoms with Crippen molar-refractivity contribution in [3.63, 3.8) is 0 Å². The molecule has 0 bridgehead atoms. The lowest BCUT2D eigenvalue weighted by Gasteiger charge is -2.38. The summed E-state index contributed by atoms with van der Waals surface area (Å²) in [6.07, 6.45) is 3.80. The van der Waals surface area contributed by atoms with E-state index in [9.17, 15) is 4.79 Å². The van der Waals surface area contributed by atoms with E-state index in [4.69, 9.17) is 5.73 Å². The maximum absolute atomic E-state index is 12.7. The summed E-state index contributed by atoms with van der Waals surface area (Å²) < 4.78 is 1.25. The maximum atomic E-state index is 12.7. The van der Waals surface area contributed by atoms with Crippen molar-refractivity contribution in [1.82, 2.24) is 4.90 Å². The number of carbonyl (C=O) groups excluding carboxylic acids is 1. The largest absolute Gasteiger partial charge is 0.338 e. The number of piperidine rings is 1. The quantitative estimate of drug-likeness (QED) is 0.946. The summed E-state index contributed by atoms with van der Waals surface area (Å²) >= 11 is 1.71. The lowest BCUT2D eigenvalue weighted by Crippen LogP contribution is -2.52. The van der Waals surface area contributed by atoms with Crippen molar-refractivity contribution in [3.05, 3.63) is 35.2 Å². The van der Waals surface area contributed by atoms with E-state index in [2.05, 4.69) is 17.5 Å². The first-order chi connectivity index (χ1) is 10.2. The third-order valence-electron chi connectivity index (χ3n) is 4.38. The molecule has 2 unspecified atom stereocenters. The van der Waals surface area contributed by atoms with Crippen molar-refractivity contribution in [3.8, 4) is 0 Å². The Hall–Kier alpha value is -1.39. The van der Waals surface area contributed by atoms with E-state index in [0.29, 0.717) is 6.42 Å². The molecule has 3 rings (SSSR count). The molecule has 1 saturated heterocycles. The molecule has 1 amide bonds. The van der Waals surface area contributed by atoms with Crippen LogP contribution in [0.15, 0.2) is 29.6 Å². The lowest BCUT2D eigenvalue weighted by atomic mass is 9.96. The van der Waals surface area contributed by atoms with Crippen LogP contribution in [0.5, 0.6) is 0 Å². The van der Waals surface area contributed by atoms with E-state index >= 15 is 0 Å². The predicted molar refractivity (Wildman–Crippen MR) is 88.5 cm³/mol. The minimum atomic E-state index is 0.0495. The maximum Gasteiger partial charge on any atom is 0.227 e. The Morgan fingerprint density at radius 1 is 1.43 bits per heavy atom. The molecule has 0 aliphatic carbocycles. The molecule has 1 fully saturated rings. The number of amides is 1. The monoisotopic (exact) mass is 302 g/mol. The summed E-state index contributed by atoms with van der Waals surface area (Å²) in [5.41, 5.74) is 7.22. The molecule has 112 valence electrons. The lowest BCUT2D eigenvalue weighted by molar-refractivity contribution is -0.134. The van der Waals surface area contributed by atoms with Crippen molar-refractivity contribution in [2.45, 2.75) is 44.7 Å². The zero-order valence-corrected chi connectivity index (χ0v) is 13.2. The van der Waals surface area contributed by atoms with E-state index < -0.39 is 0 Å². The van der Waals surface area contributed by atoms with Gasteiger partial charge in [0.2, 0.25) is 5.91 Å². The van der Waals surface area contributed by atoms with Gasteiger partial charge in [-0.05, 0) is 48.6 Å². The second kappa shape index (κ2) is 6.16. The van der Waals surface area contributed by atoms with Crippen molar-refractivity contribution >= 4 is 27.3 Å². The van der Waals surface area contributed by atoms with Crippen molar-refractivity contribution in [2.75, 3.05) is 6.54 Å². The van der Waals surface area contributed by atoms with Crippen LogP contribution in [0, 0.1) is 0 Å². The van der Waals surface area contributed by atoms with Crippen LogP contribution >= 0.6 is 11.3 Å². The highest BCUT2D eigenvalue weighted by Gasteiger charge is 2.29. The highest BCUT2D eigenvalue weighted by Crippen LogP contribution is 2.27. The Kier molecular flexibility index (Phi) is 4.27. The van der Waals surface area contributed by atoms with Crippen LogP contribution in [0.3, 0.4) is 0 Å². The summed E-state index contributed by atoms with van der Waals surface area (Å²) in [4.78, 5) is 14.7. The van der Waals surface area contributed by atoms with E-state index in [1.54, 1.807) is 11.3 Å². The SMILES string of the molecule is CC(N)C1CCCCN1C(=O)Cc1csc2ccccc12. The molecule has 1 aromatic carbocycles. The van der Waals surface area contributed by atoms with Gasteiger partial charge in [-0.15, -0.1) is 11.3 Å². The Morgan fingerprint density at radius 2 is 2.24 bits per heavy atom. The Morgan fingerprint density at radius 3 is 3.05 bits per heavy atom. The molecular formula is C17H22N2OS. The molecule has 0 saturated carbocycles. The molecule has 0 spiro atoms. The summed E-state index contributed by atoms with van der Waals surface area (Å²) in [7, 11) is 0. The second-order valence-electron chi connectivity index (χ2n) is 5.94. The Bertz CT molecular complexity index is 635. The molecule has 2 heterocycles. The van der Waals surface area contributed by atoms with Crippen molar-refractivity contribution < 1.29 is 4.79 Å². The first-order valence-electron chi connectivity index (χ1n) is 7.67. The minimum absolute atomic E-state index is 0.0495. The highest BCUT2D eigenvalue weighted by atomic mass is 32.1. The first kappa shape index (κ1) is 14.5. The number of benzene rings is 1. The van der Waals surface area contributed by atoms with Gasteiger partial charge in [0.25, 0.3) is 0 Å². The average molecular weight is 302 g/mol. The smallest absolute Gasteiger partial charge is 0.227 e. The molecule has 21 heavy (non-hydrogen) atoms.